The van der Waals surface area contributed by atoms with Crippen LogP contribution >= 0.6 is 35.3 Å². The van der Waals surface area contributed by atoms with Gasteiger partial charge in [-0.05, 0) is 48.4 Å². The smallest absolute Gasteiger partial charge is 0.193 e. The van der Waals surface area contributed by atoms with Crippen molar-refractivity contribution < 1.29 is 4.74 Å². The van der Waals surface area contributed by atoms with Crippen molar-refractivity contribution in [2.24, 2.45) is 4.99 Å². The number of nitrogens with zero attached hydrogens (tertiary/aromatic N) is 2. The first-order chi connectivity index (χ1) is 11.6. The summed E-state index contributed by atoms with van der Waals surface area (Å²) < 4.78 is 5.39. The Hall–Kier alpha value is -1.28. The number of methoxy groups -OCH3 is 1. The first-order valence-corrected chi connectivity index (χ1v) is 9.09. The first kappa shape index (κ1) is 21.8. The number of hydrogen-bond donors (Lipinski definition) is 1. The Morgan fingerprint density at radius 1 is 1.28 bits per heavy atom. The van der Waals surface area contributed by atoms with Crippen LogP contribution in [0.5, 0.6) is 5.75 Å². The highest BCUT2D eigenvalue weighted by Crippen LogP contribution is 2.19. The summed E-state index contributed by atoms with van der Waals surface area (Å²) in [4.78, 5) is 7.96. The highest BCUT2D eigenvalue weighted by molar-refractivity contribution is 14.0. The first-order valence-electron chi connectivity index (χ1n) is 8.21. The summed E-state index contributed by atoms with van der Waals surface area (Å²) >= 11 is 1.81. The maximum Gasteiger partial charge on any atom is 0.193 e. The molecule has 6 heteroatoms. The van der Waals surface area contributed by atoms with Crippen LogP contribution in [0.1, 0.15) is 16.0 Å². The highest BCUT2D eigenvalue weighted by Gasteiger charge is 2.06. The maximum atomic E-state index is 5.39. The van der Waals surface area contributed by atoms with E-state index in [-0.39, 0.29) is 24.0 Å². The topological polar surface area (TPSA) is 36.9 Å². The number of benzene rings is 1. The Kier molecular flexibility index (Phi) is 9.89. The van der Waals surface area contributed by atoms with Gasteiger partial charge in [0.05, 0.1) is 7.11 Å². The van der Waals surface area contributed by atoms with E-state index in [1.807, 2.05) is 7.05 Å². The molecule has 0 radical (unpaired) electrons. The standard InChI is InChI=1S/C19H27N3OS.HI/c1-15-7-8-16(14-18(15)23-4)9-11-21-19(20-2)22(3)12-10-17-6-5-13-24-17;/h5-8,13-14H,9-12H2,1-4H3,(H,20,21);1H. The molecule has 0 aliphatic heterocycles. The van der Waals surface area contributed by atoms with Crippen molar-refractivity contribution >= 4 is 41.3 Å². The maximum absolute atomic E-state index is 5.39. The lowest BCUT2D eigenvalue weighted by molar-refractivity contribution is 0.411. The van der Waals surface area contributed by atoms with Crippen molar-refractivity contribution in [2.45, 2.75) is 19.8 Å². The Bertz CT molecular complexity index is 659. The molecule has 0 aliphatic rings. The SMILES string of the molecule is CN=C(NCCc1ccc(C)c(OC)c1)N(C)CCc1cccs1.I. The Morgan fingerprint density at radius 3 is 2.72 bits per heavy atom. The van der Waals surface area contributed by atoms with Gasteiger partial charge in [0.15, 0.2) is 5.96 Å². The molecular weight excluding hydrogens is 445 g/mol. The van der Waals surface area contributed by atoms with Crippen molar-refractivity contribution in [3.05, 3.63) is 51.7 Å². The summed E-state index contributed by atoms with van der Waals surface area (Å²) in [6.07, 6.45) is 1.98. The number of aliphatic imine (C=N–C) groups is 1. The van der Waals surface area contributed by atoms with Crippen molar-refractivity contribution in [1.29, 1.82) is 0 Å². The zero-order chi connectivity index (χ0) is 17.4. The quantitative estimate of drug-likeness (QED) is 0.376. The van der Waals surface area contributed by atoms with E-state index in [1.165, 1.54) is 16.0 Å². The monoisotopic (exact) mass is 473 g/mol. The van der Waals surface area contributed by atoms with E-state index in [0.717, 1.165) is 37.6 Å². The van der Waals surface area contributed by atoms with Gasteiger partial charge in [0, 0.05) is 32.1 Å². The number of rotatable bonds is 7. The lowest BCUT2D eigenvalue weighted by Crippen LogP contribution is -2.40. The van der Waals surface area contributed by atoms with Crippen LogP contribution in [0.25, 0.3) is 0 Å². The van der Waals surface area contributed by atoms with Crippen molar-refractivity contribution in [1.82, 2.24) is 10.2 Å². The Morgan fingerprint density at radius 2 is 2.08 bits per heavy atom. The van der Waals surface area contributed by atoms with Gasteiger partial charge in [0.2, 0.25) is 0 Å². The fraction of sp³-hybridized carbons (Fsp3) is 0.421. The average Bonchev–Trinajstić information content (AvgIpc) is 3.11. The molecule has 4 nitrogen and oxygen atoms in total. The van der Waals surface area contributed by atoms with Crippen LogP contribution in [-0.4, -0.2) is 45.2 Å². The second-order valence-electron chi connectivity index (χ2n) is 5.78. The van der Waals surface area contributed by atoms with E-state index in [1.54, 1.807) is 18.4 Å². The molecule has 0 aliphatic carbocycles. The normalized spacial score (nSPS) is 11.0. The number of hydrogen-bond acceptors (Lipinski definition) is 3. The van der Waals surface area contributed by atoms with Gasteiger partial charge in [-0.25, -0.2) is 0 Å². The molecule has 1 aromatic carbocycles. The second-order valence-corrected chi connectivity index (χ2v) is 6.81. The third-order valence-corrected chi connectivity index (χ3v) is 4.95. The number of guanidine groups is 1. The van der Waals surface area contributed by atoms with E-state index in [0.29, 0.717) is 0 Å². The molecule has 2 rings (SSSR count). The predicted molar refractivity (Wildman–Crippen MR) is 119 cm³/mol. The molecule has 0 atom stereocenters. The van der Waals surface area contributed by atoms with E-state index in [9.17, 15) is 0 Å². The summed E-state index contributed by atoms with van der Waals surface area (Å²) in [5.74, 6) is 1.88. The fourth-order valence-electron chi connectivity index (χ4n) is 2.56. The number of aryl methyl sites for hydroxylation is 1. The molecule has 138 valence electrons. The van der Waals surface area contributed by atoms with E-state index in [4.69, 9.17) is 4.74 Å². The molecule has 0 spiro atoms. The lowest BCUT2D eigenvalue weighted by atomic mass is 10.1. The molecule has 1 aromatic heterocycles. The molecule has 0 saturated heterocycles. The summed E-state index contributed by atoms with van der Waals surface area (Å²) in [5, 5.41) is 5.56. The van der Waals surface area contributed by atoms with E-state index in [2.05, 4.69) is 64.9 Å². The van der Waals surface area contributed by atoms with Gasteiger partial charge < -0.3 is 15.0 Å². The van der Waals surface area contributed by atoms with Gasteiger partial charge in [-0.1, -0.05) is 18.2 Å². The number of likely N-dealkylation sites (N-methyl/N-ethyl adjacent to an activating group) is 1. The molecule has 1 N–H and O–H groups in total. The van der Waals surface area contributed by atoms with Gasteiger partial charge in [0.1, 0.15) is 5.75 Å². The minimum atomic E-state index is 0. The van der Waals surface area contributed by atoms with E-state index < -0.39 is 0 Å². The predicted octanol–water partition coefficient (Wildman–Crippen LogP) is 3.98. The zero-order valence-electron chi connectivity index (χ0n) is 15.4. The third-order valence-electron chi connectivity index (χ3n) is 4.02. The van der Waals surface area contributed by atoms with Crippen LogP contribution in [0.15, 0.2) is 40.7 Å². The van der Waals surface area contributed by atoms with Crippen LogP contribution in [0.2, 0.25) is 0 Å². The van der Waals surface area contributed by atoms with Gasteiger partial charge in [-0.15, -0.1) is 35.3 Å². The molecule has 0 saturated carbocycles. The molecule has 0 unspecified atom stereocenters. The molecular formula is C19H28IN3OS. The van der Waals surface area contributed by atoms with Gasteiger partial charge in [-0.2, -0.15) is 0 Å². The van der Waals surface area contributed by atoms with Crippen LogP contribution in [0.4, 0.5) is 0 Å². The molecule has 1 heterocycles. The number of halogens is 1. The highest BCUT2D eigenvalue weighted by atomic mass is 127. The van der Waals surface area contributed by atoms with Crippen molar-refractivity contribution in [2.75, 3.05) is 34.3 Å². The van der Waals surface area contributed by atoms with Crippen LogP contribution in [-0.2, 0) is 12.8 Å². The zero-order valence-corrected chi connectivity index (χ0v) is 18.6. The van der Waals surface area contributed by atoms with Crippen molar-refractivity contribution in [3.8, 4) is 5.75 Å². The second kappa shape index (κ2) is 11.4. The van der Waals surface area contributed by atoms with E-state index >= 15 is 0 Å². The Labute approximate surface area is 172 Å². The molecule has 2 aromatic rings. The summed E-state index contributed by atoms with van der Waals surface area (Å²) in [6, 6.07) is 10.7. The van der Waals surface area contributed by atoms with Crippen LogP contribution in [0.3, 0.4) is 0 Å². The molecule has 25 heavy (non-hydrogen) atoms. The van der Waals surface area contributed by atoms with Gasteiger partial charge in [-0.3, -0.25) is 4.99 Å². The molecule has 0 bridgehead atoms. The molecule has 0 fully saturated rings. The van der Waals surface area contributed by atoms with Gasteiger partial charge in [0.25, 0.3) is 0 Å². The van der Waals surface area contributed by atoms with Crippen LogP contribution in [0, 0.1) is 6.92 Å². The average molecular weight is 473 g/mol. The lowest BCUT2D eigenvalue weighted by Gasteiger charge is -2.22. The summed E-state index contributed by atoms with van der Waals surface area (Å²) in [5.41, 5.74) is 2.43. The molecule has 0 amide bonds. The third kappa shape index (κ3) is 6.86. The number of nitrogens with one attached hydrogen (secondary N) is 1. The fourth-order valence-corrected chi connectivity index (χ4v) is 3.26. The minimum Gasteiger partial charge on any atom is -0.496 e. The minimum absolute atomic E-state index is 0. The largest absolute Gasteiger partial charge is 0.496 e. The number of ether oxygens (including phenoxy) is 1. The number of thiophene rings is 1. The van der Waals surface area contributed by atoms with Crippen LogP contribution < -0.4 is 10.1 Å². The Balaban J connectivity index is 0.00000312. The summed E-state index contributed by atoms with van der Waals surface area (Å²) in [7, 11) is 5.63. The van der Waals surface area contributed by atoms with Gasteiger partial charge >= 0.3 is 0 Å². The summed E-state index contributed by atoms with van der Waals surface area (Å²) in [6.45, 7) is 3.87. The van der Waals surface area contributed by atoms with Crippen molar-refractivity contribution in [3.63, 3.8) is 0 Å².